The quantitative estimate of drug-likeness (QED) is 0.168. The van der Waals surface area contributed by atoms with E-state index in [1.807, 2.05) is 6.07 Å². The number of hydrogen-bond acceptors (Lipinski definition) is 3. The molecule has 0 aliphatic heterocycles. The summed E-state index contributed by atoms with van der Waals surface area (Å²) in [5.41, 5.74) is 9.72. The molecule has 0 aliphatic rings. The molecular formula is C48H33N5. The Kier molecular flexibility index (Phi) is 7.40. The van der Waals surface area contributed by atoms with Crippen molar-refractivity contribution in [3.8, 4) is 34.2 Å². The number of aromatic nitrogens is 4. The molecule has 5 nitrogen and oxygen atoms in total. The van der Waals surface area contributed by atoms with Gasteiger partial charge in [0.25, 0.3) is 0 Å². The van der Waals surface area contributed by atoms with Gasteiger partial charge < -0.3 is 9.47 Å². The van der Waals surface area contributed by atoms with Gasteiger partial charge in [0.05, 0.1) is 11.0 Å². The fourth-order valence-corrected chi connectivity index (χ4v) is 7.54. The maximum absolute atomic E-state index is 4.78. The van der Waals surface area contributed by atoms with E-state index in [0.717, 1.165) is 51.2 Å². The number of anilines is 3. The molecular weight excluding hydrogens is 647 g/mol. The van der Waals surface area contributed by atoms with Crippen molar-refractivity contribution >= 4 is 49.6 Å². The van der Waals surface area contributed by atoms with E-state index in [4.69, 9.17) is 10.2 Å². The van der Waals surface area contributed by atoms with Crippen LogP contribution in [-0.2, 0) is 0 Å². The fraction of sp³-hybridized carbons (Fsp3) is 0. The fourth-order valence-electron chi connectivity index (χ4n) is 7.54. The van der Waals surface area contributed by atoms with Crippen LogP contribution in [0.4, 0.5) is 17.1 Å². The van der Waals surface area contributed by atoms with Crippen molar-refractivity contribution in [1.29, 1.82) is 0 Å². The SMILES string of the molecule is c1ccc(N(c2ccc(-c3nnc(-c4ccc5ccccc5c4)n3-c3ccccc3)cc2)c2ccc(-n3c4ccccc4c4ccccc43)cc2)cc1. The third-order valence-corrected chi connectivity index (χ3v) is 10.0. The lowest BCUT2D eigenvalue weighted by molar-refractivity contribution is 1.07. The van der Waals surface area contributed by atoms with Crippen molar-refractivity contribution in [3.63, 3.8) is 0 Å². The van der Waals surface area contributed by atoms with Gasteiger partial charge in [-0.2, -0.15) is 0 Å². The van der Waals surface area contributed by atoms with Crippen LogP contribution in [-0.4, -0.2) is 19.3 Å². The third-order valence-electron chi connectivity index (χ3n) is 10.0. The van der Waals surface area contributed by atoms with Gasteiger partial charge in [-0.25, -0.2) is 0 Å². The maximum atomic E-state index is 4.78. The Morgan fingerprint density at radius 3 is 1.47 bits per heavy atom. The largest absolute Gasteiger partial charge is 0.311 e. The summed E-state index contributed by atoms with van der Waals surface area (Å²) < 4.78 is 4.51. The number of nitrogens with zero attached hydrogens (tertiary/aromatic N) is 5. The molecule has 0 spiro atoms. The van der Waals surface area contributed by atoms with E-state index in [2.05, 4.69) is 208 Å². The number of benzene rings is 8. The number of para-hydroxylation sites is 4. The summed E-state index contributed by atoms with van der Waals surface area (Å²) in [6.45, 7) is 0. The van der Waals surface area contributed by atoms with Crippen LogP contribution in [0, 0.1) is 0 Å². The first-order valence-corrected chi connectivity index (χ1v) is 17.8. The highest BCUT2D eigenvalue weighted by molar-refractivity contribution is 6.09. The average molecular weight is 680 g/mol. The molecule has 2 aromatic heterocycles. The minimum Gasteiger partial charge on any atom is -0.311 e. The Labute approximate surface area is 307 Å². The molecule has 0 radical (unpaired) electrons. The van der Waals surface area contributed by atoms with Gasteiger partial charge in [0.2, 0.25) is 0 Å². The first kappa shape index (κ1) is 30.6. The number of rotatable bonds is 7. The topological polar surface area (TPSA) is 38.9 Å². The zero-order valence-electron chi connectivity index (χ0n) is 28.8. The highest BCUT2D eigenvalue weighted by Crippen LogP contribution is 2.38. The Morgan fingerprint density at radius 1 is 0.340 bits per heavy atom. The Morgan fingerprint density at radius 2 is 0.811 bits per heavy atom. The predicted octanol–water partition coefficient (Wildman–Crippen LogP) is 12.3. The summed E-state index contributed by atoms with van der Waals surface area (Å²) in [7, 11) is 0. The van der Waals surface area contributed by atoms with E-state index in [1.165, 1.54) is 32.6 Å². The van der Waals surface area contributed by atoms with Crippen molar-refractivity contribution in [1.82, 2.24) is 19.3 Å². The highest BCUT2D eigenvalue weighted by atomic mass is 15.3. The van der Waals surface area contributed by atoms with Crippen LogP contribution in [0.5, 0.6) is 0 Å². The van der Waals surface area contributed by atoms with Gasteiger partial charge in [0.1, 0.15) is 0 Å². The van der Waals surface area contributed by atoms with Crippen molar-refractivity contribution in [3.05, 3.63) is 200 Å². The Balaban J connectivity index is 1.05. The Bertz CT molecular complexity index is 2820. The number of hydrogen-bond donors (Lipinski definition) is 0. The van der Waals surface area contributed by atoms with Gasteiger partial charge in [0.15, 0.2) is 11.6 Å². The lowest BCUT2D eigenvalue weighted by Gasteiger charge is -2.26. The molecule has 5 heteroatoms. The molecule has 0 saturated heterocycles. The first-order valence-electron chi connectivity index (χ1n) is 17.8. The number of fused-ring (bicyclic) bond motifs is 4. The first-order chi connectivity index (χ1) is 26.3. The second kappa shape index (κ2) is 12.8. The van der Waals surface area contributed by atoms with E-state index < -0.39 is 0 Å². The molecule has 8 aromatic carbocycles. The van der Waals surface area contributed by atoms with Crippen molar-refractivity contribution in [2.24, 2.45) is 0 Å². The molecule has 10 aromatic rings. The summed E-state index contributed by atoms with van der Waals surface area (Å²) in [6, 6.07) is 70.5. The lowest BCUT2D eigenvalue weighted by Crippen LogP contribution is -2.10. The van der Waals surface area contributed by atoms with Gasteiger partial charge in [-0.3, -0.25) is 4.57 Å². The smallest absolute Gasteiger partial charge is 0.168 e. The average Bonchev–Trinajstić information content (AvgIpc) is 3.83. The molecule has 53 heavy (non-hydrogen) atoms. The molecule has 0 fully saturated rings. The van der Waals surface area contributed by atoms with Crippen LogP contribution in [0.2, 0.25) is 0 Å². The van der Waals surface area contributed by atoms with Gasteiger partial charge in [-0.1, -0.05) is 109 Å². The summed E-state index contributed by atoms with van der Waals surface area (Å²) >= 11 is 0. The monoisotopic (exact) mass is 679 g/mol. The standard InChI is InChI=1S/C48H33N5/c1-3-15-38(16-4-1)51(41-29-31-42(32-30-41)52-45-21-11-9-19-43(45)44-20-10-12-22-46(44)52)40-27-25-35(26-28-40)47-49-50-48(53(47)39-17-5-2-6-18-39)37-24-23-34-13-7-8-14-36(34)33-37/h1-33H. The predicted molar refractivity (Wildman–Crippen MR) is 219 cm³/mol. The lowest BCUT2D eigenvalue weighted by atomic mass is 10.1. The minimum absolute atomic E-state index is 0.785. The summed E-state index contributed by atoms with van der Waals surface area (Å²) in [6.07, 6.45) is 0. The molecule has 0 amide bonds. The van der Waals surface area contributed by atoms with Crippen LogP contribution < -0.4 is 4.90 Å². The molecule has 0 unspecified atom stereocenters. The van der Waals surface area contributed by atoms with E-state index in [-0.39, 0.29) is 0 Å². The minimum atomic E-state index is 0.785. The van der Waals surface area contributed by atoms with Crippen LogP contribution in [0.1, 0.15) is 0 Å². The van der Waals surface area contributed by atoms with E-state index in [0.29, 0.717) is 0 Å². The van der Waals surface area contributed by atoms with Gasteiger partial charge in [-0.05, 0) is 102 Å². The summed E-state index contributed by atoms with van der Waals surface area (Å²) in [4.78, 5) is 2.29. The highest BCUT2D eigenvalue weighted by Gasteiger charge is 2.19. The second-order valence-corrected chi connectivity index (χ2v) is 13.2. The van der Waals surface area contributed by atoms with Crippen LogP contribution in [0.15, 0.2) is 200 Å². The van der Waals surface area contributed by atoms with Crippen molar-refractivity contribution < 1.29 is 0 Å². The zero-order valence-corrected chi connectivity index (χ0v) is 28.8. The molecule has 0 bridgehead atoms. The van der Waals surface area contributed by atoms with Crippen LogP contribution in [0.25, 0.3) is 66.7 Å². The third kappa shape index (κ3) is 5.34. The van der Waals surface area contributed by atoms with Gasteiger partial charge in [-0.15, -0.1) is 10.2 Å². The van der Waals surface area contributed by atoms with Gasteiger partial charge >= 0.3 is 0 Å². The molecule has 250 valence electrons. The van der Waals surface area contributed by atoms with E-state index in [1.54, 1.807) is 0 Å². The van der Waals surface area contributed by atoms with E-state index >= 15 is 0 Å². The maximum Gasteiger partial charge on any atom is 0.168 e. The van der Waals surface area contributed by atoms with Crippen molar-refractivity contribution in [2.45, 2.75) is 0 Å². The molecule has 0 aliphatic carbocycles. The molecule has 2 heterocycles. The second-order valence-electron chi connectivity index (χ2n) is 13.2. The molecule has 0 atom stereocenters. The van der Waals surface area contributed by atoms with Gasteiger partial charge in [0, 0.05) is 50.3 Å². The van der Waals surface area contributed by atoms with E-state index in [9.17, 15) is 0 Å². The summed E-state index contributed by atoms with van der Waals surface area (Å²) in [5.74, 6) is 1.59. The molecule has 0 saturated carbocycles. The van der Waals surface area contributed by atoms with Crippen molar-refractivity contribution in [2.75, 3.05) is 4.90 Å². The molecule has 0 N–H and O–H groups in total. The normalized spacial score (nSPS) is 11.4. The Hall–Kier alpha value is -7.24. The summed E-state index contributed by atoms with van der Waals surface area (Å²) in [5, 5.41) is 14.4. The molecule has 10 rings (SSSR count). The zero-order chi connectivity index (χ0) is 35.1. The van der Waals surface area contributed by atoms with Crippen LogP contribution >= 0.6 is 0 Å². The van der Waals surface area contributed by atoms with Crippen LogP contribution in [0.3, 0.4) is 0 Å².